The van der Waals surface area contributed by atoms with Gasteiger partial charge in [0.25, 0.3) is 0 Å². The van der Waals surface area contributed by atoms with Gasteiger partial charge in [-0.25, -0.2) is 0 Å². The largest absolute Gasteiger partial charge is 0.481 e. The first kappa shape index (κ1) is 12.5. The molecular formula is C11H20O4. The number of carbonyl (C=O) groups is 1. The third-order valence-corrected chi connectivity index (χ3v) is 3.12. The van der Waals surface area contributed by atoms with Gasteiger partial charge in [-0.1, -0.05) is 13.8 Å². The van der Waals surface area contributed by atoms with E-state index in [1.165, 1.54) is 0 Å². The quantitative estimate of drug-likeness (QED) is 0.739. The van der Waals surface area contributed by atoms with Crippen LogP contribution in [-0.4, -0.2) is 35.5 Å². The highest BCUT2D eigenvalue weighted by molar-refractivity contribution is 5.71. The molecule has 0 aromatic heterocycles. The lowest BCUT2D eigenvalue weighted by Crippen LogP contribution is -2.39. The van der Waals surface area contributed by atoms with Crippen molar-refractivity contribution in [3.05, 3.63) is 0 Å². The van der Waals surface area contributed by atoms with E-state index in [2.05, 4.69) is 0 Å². The fourth-order valence-corrected chi connectivity index (χ4v) is 2.18. The topological polar surface area (TPSA) is 66.8 Å². The molecular weight excluding hydrogens is 196 g/mol. The zero-order chi connectivity index (χ0) is 11.4. The number of ether oxygens (including phenoxy) is 1. The molecule has 4 heteroatoms. The average Bonchev–Trinajstić information content (AvgIpc) is 2.18. The minimum atomic E-state index is -0.899. The molecule has 1 fully saturated rings. The number of hydrogen-bond acceptors (Lipinski definition) is 3. The SMILES string of the molecule is CC(C)C(C(=O)O)C(O)C1CCOCC1. The summed E-state index contributed by atoms with van der Waals surface area (Å²) in [5.74, 6) is -1.53. The molecule has 0 radical (unpaired) electrons. The molecule has 0 aromatic carbocycles. The second-order valence-corrected chi connectivity index (χ2v) is 4.55. The lowest BCUT2D eigenvalue weighted by atomic mass is 9.80. The molecule has 1 aliphatic heterocycles. The van der Waals surface area contributed by atoms with E-state index in [1.807, 2.05) is 13.8 Å². The highest BCUT2D eigenvalue weighted by atomic mass is 16.5. The second-order valence-electron chi connectivity index (χ2n) is 4.55. The van der Waals surface area contributed by atoms with E-state index in [0.29, 0.717) is 13.2 Å². The van der Waals surface area contributed by atoms with Crippen molar-refractivity contribution in [2.45, 2.75) is 32.8 Å². The van der Waals surface area contributed by atoms with Crippen molar-refractivity contribution in [1.29, 1.82) is 0 Å². The Labute approximate surface area is 90.2 Å². The smallest absolute Gasteiger partial charge is 0.309 e. The molecule has 2 atom stereocenters. The monoisotopic (exact) mass is 216 g/mol. The average molecular weight is 216 g/mol. The third-order valence-electron chi connectivity index (χ3n) is 3.12. The second kappa shape index (κ2) is 5.47. The number of carboxylic acids is 1. The Morgan fingerprint density at radius 3 is 2.27 bits per heavy atom. The normalized spacial score (nSPS) is 22.7. The van der Waals surface area contributed by atoms with E-state index in [1.54, 1.807) is 0 Å². The number of aliphatic hydroxyl groups excluding tert-OH is 1. The minimum absolute atomic E-state index is 0.0413. The fraction of sp³-hybridized carbons (Fsp3) is 0.909. The third kappa shape index (κ3) is 3.18. The zero-order valence-electron chi connectivity index (χ0n) is 9.35. The Kier molecular flexibility index (Phi) is 4.54. The van der Waals surface area contributed by atoms with Crippen LogP contribution in [0.1, 0.15) is 26.7 Å². The standard InChI is InChI=1S/C11H20O4/c1-7(2)9(11(13)14)10(12)8-3-5-15-6-4-8/h7-10,12H,3-6H2,1-2H3,(H,13,14). The van der Waals surface area contributed by atoms with Gasteiger partial charge in [0.1, 0.15) is 0 Å². The van der Waals surface area contributed by atoms with Crippen LogP contribution in [0.5, 0.6) is 0 Å². The van der Waals surface area contributed by atoms with Crippen LogP contribution in [0.25, 0.3) is 0 Å². The molecule has 0 bridgehead atoms. The number of carboxylic acid groups (broad SMARTS) is 1. The van der Waals surface area contributed by atoms with E-state index >= 15 is 0 Å². The number of rotatable bonds is 4. The van der Waals surface area contributed by atoms with Gasteiger partial charge in [0.15, 0.2) is 0 Å². The van der Waals surface area contributed by atoms with Gasteiger partial charge in [-0.15, -0.1) is 0 Å². The summed E-state index contributed by atoms with van der Waals surface area (Å²) in [5.41, 5.74) is 0. The summed E-state index contributed by atoms with van der Waals surface area (Å²) < 4.78 is 5.19. The molecule has 1 rings (SSSR count). The van der Waals surface area contributed by atoms with E-state index in [-0.39, 0.29) is 11.8 Å². The van der Waals surface area contributed by atoms with Crippen molar-refractivity contribution >= 4 is 5.97 Å². The van der Waals surface area contributed by atoms with Crippen LogP contribution in [-0.2, 0) is 9.53 Å². The first-order valence-electron chi connectivity index (χ1n) is 5.52. The summed E-state index contributed by atoms with van der Waals surface area (Å²) in [4.78, 5) is 11.0. The Hall–Kier alpha value is -0.610. The van der Waals surface area contributed by atoms with Crippen molar-refractivity contribution < 1.29 is 19.7 Å². The zero-order valence-corrected chi connectivity index (χ0v) is 9.35. The van der Waals surface area contributed by atoms with Gasteiger partial charge in [0.2, 0.25) is 0 Å². The molecule has 0 aromatic rings. The fourth-order valence-electron chi connectivity index (χ4n) is 2.18. The van der Waals surface area contributed by atoms with E-state index in [9.17, 15) is 9.90 Å². The molecule has 4 nitrogen and oxygen atoms in total. The summed E-state index contributed by atoms with van der Waals surface area (Å²) in [6.07, 6.45) is 0.779. The van der Waals surface area contributed by atoms with Crippen molar-refractivity contribution in [2.24, 2.45) is 17.8 Å². The maximum atomic E-state index is 11.0. The van der Waals surface area contributed by atoms with Crippen LogP contribution in [0.4, 0.5) is 0 Å². The van der Waals surface area contributed by atoms with Crippen LogP contribution in [0, 0.1) is 17.8 Å². The van der Waals surface area contributed by atoms with Crippen LogP contribution >= 0.6 is 0 Å². The molecule has 0 saturated carbocycles. The highest BCUT2D eigenvalue weighted by Crippen LogP contribution is 2.27. The summed E-state index contributed by atoms with van der Waals surface area (Å²) >= 11 is 0. The van der Waals surface area contributed by atoms with Crippen LogP contribution < -0.4 is 0 Å². The summed E-state index contributed by atoms with van der Waals surface area (Å²) in [6.45, 7) is 4.93. The van der Waals surface area contributed by atoms with Gasteiger partial charge < -0.3 is 14.9 Å². The van der Waals surface area contributed by atoms with Gasteiger partial charge >= 0.3 is 5.97 Å². The van der Waals surface area contributed by atoms with Crippen LogP contribution in [0.2, 0.25) is 0 Å². The van der Waals surface area contributed by atoms with Crippen LogP contribution in [0.15, 0.2) is 0 Å². The molecule has 1 saturated heterocycles. The van der Waals surface area contributed by atoms with E-state index in [0.717, 1.165) is 12.8 Å². The van der Waals surface area contributed by atoms with Gasteiger partial charge in [0.05, 0.1) is 12.0 Å². The highest BCUT2D eigenvalue weighted by Gasteiger charge is 2.35. The maximum absolute atomic E-state index is 11.0. The van der Waals surface area contributed by atoms with Crippen molar-refractivity contribution in [3.63, 3.8) is 0 Å². The van der Waals surface area contributed by atoms with Crippen molar-refractivity contribution in [1.82, 2.24) is 0 Å². The van der Waals surface area contributed by atoms with Crippen LogP contribution in [0.3, 0.4) is 0 Å². The first-order chi connectivity index (χ1) is 7.04. The first-order valence-corrected chi connectivity index (χ1v) is 5.52. The molecule has 1 heterocycles. The Morgan fingerprint density at radius 2 is 1.87 bits per heavy atom. The van der Waals surface area contributed by atoms with Crippen molar-refractivity contribution in [3.8, 4) is 0 Å². The molecule has 15 heavy (non-hydrogen) atoms. The number of hydrogen-bond donors (Lipinski definition) is 2. The number of aliphatic hydroxyl groups is 1. The summed E-state index contributed by atoms with van der Waals surface area (Å²) in [5, 5.41) is 19.1. The molecule has 0 aliphatic carbocycles. The summed E-state index contributed by atoms with van der Waals surface area (Å²) in [6, 6.07) is 0. The molecule has 88 valence electrons. The lowest BCUT2D eigenvalue weighted by Gasteiger charge is -2.32. The molecule has 2 N–H and O–H groups in total. The Balaban J connectivity index is 2.61. The predicted octanol–water partition coefficient (Wildman–Crippen LogP) is 1.13. The van der Waals surface area contributed by atoms with E-state index in [4.69, 9.17) is 9.84 Å². The van der Waals surface area contributed by atoms with Gasteiger partial charge in [-0.3, -0.25) is 4.79 Å². The number of aliphatic carboxylic acids is 1. The maximum Gasteiger partial charge on any atom is 0.309 e. The molecule has 0 spiro atoms. The summed E-state index contributed by atoms with van der Waals surface area (Å²) in [7, 11) is 0. The Bertz CT molecular complexity index is 209. The minimum Gasteiger partial charge on any atom is -0.481 e. The molecule has 1 aliphatic rings. The van der Waals surface area contributed by atoms with Gasteiger partial charge in [-0.05, 0) is 24.7 Å². The van der Waals surface area contributed by atoms with Crippen molar-refractivity contribution in [2.75, 3.05) is 13.2 Å². The van der Waals surface area contributed by atoms with Gasteiger partial charge in [-0.2, -0.15) is 0 Å². The van der Waals surface area contributed by atoms with Gasteiger partial charge in [0, 0.05) is 13.2 Å². The molecule has 2 unspecified atom stereocenters. The predicted molar refractivity (Wildman–Crippen MR) is 55.5 cm³/mol. The lowest BCUT2D eigenvalue weighted by molar-refractivity contribution is -0.151. The molecule has 0 amide bonds. The van der Waals surface area contributed by atoms with E-state index < -0.39 is 18.0 Å². The Morgan fingerprint density at radius 1 is 1.33 bits per heavy atom.